The van der Waals surface area contributed by atoms with Crippen LogP contribution in [-0.2, 0) is 4.79 Å². The number of carbonyl (C=O) groups is 2. The van der Waals surface area contributed by atoms with Crippen LogP contribution < -0.4 is 4.90 Å². The number of carbonyl (C=O) groups excluding carboxylic acids is 1. The van der Waals surface area contributed by atoms with Gasteiger partial charge in [0.15, 0.2) is 0 Å². The zero-order valence-electron chi connectivity index (χ0n) is 14.8. The number of hydrogen-bond donors (Lipinski definition) is 1. The predicted octanol–water partition coefficient (Wildman–Crippen LogP) is 1.49. The minimum Gasteiger partial charge on any atom is -0.477 e. The molecule has 3 rings (SSSR count). The van der Waals surface area contributed by atoms with Gasteiger partial charge in [-0.3, -0.25) is 4.98 Å². The lowest BCUT2D eigenvalue weighted by Crippen LogP contribution is -2.67. The maximum atomic E-state index is 13.1. The second kappa shape index (κ2) is 7.63. The van der Waals surface area contributed by atoms with Crippen LogP contribution in [-0.4, -0.2) is 71.3 Å². The van der Waals surface area contributed by atoms with E-state index in [2.05, 4.69) is 9.88 Å². The summed E-state index contributed by atoms with van der Waals surface area (Å²) in [5.74, 6) is -1.20. The van der Waals surface area contributed by atoms with Crippen molar-refractivity contribution in [2.75, 3.05) is 44.7 Å². The molecule has 1 aliphatic rings. The lowest BCUT2D eigenvalue weighted by atomic mass is 10.2. The van der Waals surface area contributed by atoms with E-state index in [4.69, 9.17) is 0 Å². The molecule has 2 aromatic rings. The van der Waals surface area contributed by atoms with Gasteiger partial charge in [0.1, 0.15) is 0 Å². The summed E-state index contributed by atoms with van der Waals surface area (Å²) in [6.07, 6.45) is 3.51. The van der Waals surface area contributed by atoms with Gasteiger partial charge in [-0.1, -0.05) is 18.2 Å². The largest absolute Gasteiger partial charge is 0.477 e. The molecule has 1 atom stereocenters. The molecule has 1 unspecified atom stereocenters. The molecule has 0 radical (unpaired) electrons. The summed E-state index contributed by atoms with van der Waals surface area (Å²) in [6, 6.07) is 12.8. The Morgan fingerprint density at radius 3 is 2.23 bits per heavy atom. The number of amides is 1. The van der Waals surface area contributed by atoms with Crippen molar-refractivity contribution < 1.29 is 19.3 Å². The number of rotatable bonds is 5. The summed E-state index contributed by atoms with van der Waals surface area (Å²) in [6.45, 7) is 2.37. The van der Waals surface area contributed by atoms with Crippen LogP contribution in [0.3, 0.4) is 0 Å². The highest BCUT2D eigenvalue weighted by molar-refractivity contribution is 5.89. The van der Waals surface area contributed by atoms with Crippen molar-refractivity contribution in [3.05, 3.63) is 60.4 Å². The number of pyridine rings is 1. The number of nitrogens with zero attached hydrogens (tertiary/aromatic N) is 4. The van der Waals surface area contributed by atoms with E-state index in [1.54, 1.807) is 43.7 Å². The predicted molar refractivity (Wildman–Crippen MR) is 97.5 cm³/mol. The van der Waals surface area contributed by atoms with Crippen molar-refractivity contribution >= 4 is 17.6 Å². The van der Waals surface area contributed by atoms with Crippen molar-refractivity contribution in [3.63, 3.8) is 0 Å². The summed E-state index contributed by atoms with van der Waals surface area (Å²) >= 11 is 0. The SMILES string of the molecule is C[N+](CC(=O)O)(C(=O)c1ccccc1)N1CCN(c2ccncc2)CC1. The van der Waals surface area contributed by atoms with E-state index in [0.717, 1.165) is 18.8 Å². The quantitative estimate of drug-likeness (QED) is 0.819. The summed E-state index contributed by atoms with van der Waals surface area (Å²) < 4.78 is -0.260. The van der Waals surface area contributed by atoms with Crippen LogP contribution >= 0.6 is 0 Å². The molecule has 26 heavy (non-hydrogen) atoms. The number of benzene rings is 1. The van der Waals surface area contributed by atoms with Crippen LogP contribution in [0.25, 0.3) is 0 Å². The number of aromatic nitrogens is 1. The van der Waals surface area contributed by atoms with Gasteiger partial charge in [0.05, 0.1) is 25.7 Å². The molecular weight excluding hydrogens is 332 g/mol. The normalized spacial score (nSPS) is 17.5. The van der Waals surface area contributed by atoms with Crippen LogP contribution in [0.5, 0.6) is 0 Å². The van der Waals surface area contributed by atoms with Gasteiger partial charge >= 0.3 is 11.9 Å². The highest BCUT2D eigenvalue weighted by Crippen LogP contribution is 2.21. The van der Waals surface area contributed by atoms with Crippen molar-refractivity contribution in [1.29, 1.82) is 0 Å². The van der Waals surface area contributed by atoms with E-state index >= 15 is 0 Å². The third kappa shape index (κ3) is 3.74. The molecule has 1 saturated heterocycles. The second-order valence-electron chi connectivity index (χ2n) is 6.51. The average molecular weight is 355 g/mol. The van der Waals surface area contributed by atoms with Crippen LogP contribution in [0, 0.1) is 0 Å². The molecule has 0 bridgehead atoms. The van der Waals surface area contributed by atoms with E-state index in [1.807, 2.05) is 23.2 Å². The van der Waals surface area contributed by atoms with Gasteiger partial charge in [0.25, 0.3) is 0 Å². The Kier molecular flexibility index (Phi) is 5.29. The number of carboxylic acids is 1. The Morgan fingerprint density at radius 2 is 1.65 bits per heavy atom. The maximum absolute atomic E-state index is 13.1. The van der Waals surface area contributed by atoms with Gasteiger partial charge in [-0.25, -0.2) is 9.59 Å². The molecular formula is C19H23N4O3+. The van der Waals surface area contributed by atoms with E-state index in [-0.39, 0.29) is 17.0 Å². The molecule has 136 valence electrons. The molecule has 0 aliphatic carbocycles. The number of aliphatic carboxylic acids is 1. The Morgan fingerprint density at radius 1 is 1.04 bits per heavy atom. The van der Waals surface area contributed by atoms with Crippen molar-refractivity contribution in [2.45, 2.75) is 0 Å². The number of piperazine rings is 1. The lowest BCUT2D eigenvalue weighted by Gasteiger charge is -2.44. The highest BCUT2D eigenvalue weighted by atomic mass is 16.4. The first kappa shape index (κ1) is 18.0. The van der Waals surface area contributed by atoms with Gasteiger partial charge in [-0.05, 0) is 24.3 Å². The van der Waals surface area contributed by atoms with Crippen LogP contribution in [0.15, 0.2) is 54.9 Å². The highest BCUT2D eigenvalue weighted by Gasteiger charge is 2.43. The number of carboxylic acid groups (broad SMARTS) is 1. The smallest absolute Gasteiger partial charge is 0.365 e. The van der Waals surface area contributed by atoms with Crippen molar-refractivity contribution in [1.82, 2.24) is 9.99 Å². The molecule has 0 spiro atoms. The zero-order valence-corrected chi connectivity index (χ0v) is 14.8. The first-order chi connectivity index (χ1) is 12.5. The first-order valence-electron chi connectivity index (χ1n) is 8.58. The number of anilines is 1. The summed E-state index contributed by atoms with van der Waals surface area (Å²) in [7, 11) is 1.69. The molecule has 7 nitrogen and oxygen atoms in total. The van der Waals surface area contributed by atoms with Crippen molar-refractivity contribution in [3.8, 4) is 0 Å². The fraction of sp³-hybridized carbons (Fsp3) is 0.316. The fourth-order valence-electron chi connectivity index (χ4n) is 3.37. The molecule has 0 saturated carbocycles. The zero-order chi connectivity index (χ0) is 18.6. The van der Waals surface area contributed by atoms with Gasteiger partial charge in [-0.15, -0.1) is 5.01 Å². The third-order valence-electron chi connectivity index (χ3n) is 4.81. The molecule has 1 fully saturated rings. The van der Waals surface area contributed by atoms with Gasteiger partial charge in [-0.2, -0.15) is 4.59 Å². The molecule has 2 heterocycles. The molecule has 1 aromatic heterocycles. The van der Waals surface area contributed by atoms with Gasteiger partial charge in [0, 0.05) is 31.2 Å². The Labute approximate surface area is 152 Å². The minimum atomic E-state index is -0.992. The topological polar surface area (TPSA) is 73.7 Å². The Bertz CT molecular complexity index is 761. The number of hydrogen-bond acceptors (Lipinski definition) is 5. The summed E-state index contributed by atoms with van der Waals surface area (Å²) in [4.78, 5) is 30.8. The van der Waals surface area contributed by atoms with E-state index in [0.29, 0.717) is 18.7 Å². The minimum absolute atomic E-state index is 0.203. The summed E-state index contributed by atoms with van der Waals surface area (Å²) in [5, 5.41) is 11.3. The van der Waals surface area contributed by atoms with Crippen molar-refractivity contribution in [2.24, 2.45) is 0 Å². The third-order valence-corrected chi connectivity index (χ3v) is 4.81. The molecule has 1 aliphatic heterocycles. The molecule has 1 N–H and O–H groups in total. The Balaban J connectivity index is 1.78. The lowest BCUT2D eigenvalue weighted by molar-refractivity contribution is -0.942. The molecule has 7 heteroatoms. The second-order valence-corrected chi connectivity index (χ2v) is 6.51. The van der Waals surface area contributed by atoms with Gasteiger partial charge in [0.2, 0.25) is 6.54 Å². The monoisotopic (exact) mass is 355 g/mol. The standard InChI is InChI=1S/C19H22N4O3/c1-23(15-18(24)25,19(26)16-5-3-2-4-6-16)22-13-11-21(12-14-22)17-7-9-20-10-8-17/h2-10H,11-15H2,1H3/p+1. The van der Waals surface area contributed by atoms with Gasteiger partial charge < -0.3 is 10.0 Å². The first-order valence-corrected chi connectivity index (χ1v) is 8.58. The molecule has 1 amide bonds. The van der Waals surface area contributed by atoms with E-state index < -0.39 is 5.97 Å². The van der Waals surface area contributed by atoms with E-state index in [9.17, 15) is 14.7 Å². The van der Waals surface area contributed by atoms with E-state index in [1.165, 1.54) is 0 Å². The van der Waals surface area contributed by atoms with Crippen LogP contribution in [0.4, 0.5) is 5.69 Å². The van der Waals surface area contributed by atoms with Crippen LogP contribution in [0.2, 0.25) is 0 Å². The molecule has 1 aromatic carbocycles. The average Bonchev–Trinajstić information content (AvgIpc) is 2.68. The van der Waals surface area contributed by atoms with Crippen LogP contribution in [0.1, 0.15) is 10.4 Å². The Hall–Kier alpha value is -2.77. The fourth-order valence-corrected chi connectivity index (χ4v) is 3.37. The maximum Gasteiger partial charge on any atom is 0.365 e. The number of likely N-dealkylation sites (N-methyl/N-ethyl adjacent to an activating group) is 1. The summed E-state index contributed by atoms with van der Waals surface area (Å²) in [5.41, 5.74) is 1.61. The number of quaternary nitrogens is 1.